The lowest BCUT2D eigenvalue weighted by Gasteiger charge is -2.24. The molecule has 2 heterocycles. The lowest BCUT2D eigenvalue weighted by atomic mass is 10.0. The Kier molecular flexibility index (Phi) is 4.80. The first-order valence-corrected chi connectivity index (χ1v) is 10.1. The molecule has 0 radical (unpaired) electrons. The summed E-state index contributed by atoms with van der Waals surface area (Å²) in [5.74, 6) is 0.596. The van der Waals surface area contributed by atoms with Gasteiger partial charge in [0.05, 0.1) is 0 Å². The number of carbonyl (C=O) groups excluding carboxylic acids is 1. The average molecular weight is 407 g/mol. The van der Waals surface area contributed by atoms with Gasteiger partial charge in [-0.2, -0.15) is 4.98 Å². The van der Waals surface area contributed by atoms with Crippen molar-refractivity contribution in [3.63, 3.8) is 0 Å². The van der Waals surface area contributed by atoms with Crippen LogP contribution in [0.25, 0.3) is 5.70 Å². The van der Waals surface area contributed by atoms with Crippen LogP contribution in [0, 0.1) is 6.92 Å². The normalized spacial score (nSPS) is 14.9. The largest absolute Gasteiger partial charge is 0.324 e. The number of carbonyl (C=O) groups is 1. The van der Waals surface area contributed by atoms with E-state index in [1.165, 1.54) is 5.56 Å². The van der Waals surface area contributed by atoms with Gasteiger partial charge in [0, 0.05) is 11.3 Å². The van der Waals surface area contributed by atoms with E-state index in [9.17, 15) is 4.79 Å². The predicted molar refractivity (Wildman–Crippen MR) is 122 cm³/mol. The van der Waals surface area contributed by atoms with Gasteiger partial charge >= 0.3 is 0 Å². The highest BCUT2D eigenvalue weighted by atomic mass is 16.1. The number of rotatable bonds is 4. The summed E-state index contributed by atoms with van der Waals surface area (Å²) in [5, 5.41) is 10.8. The Morgan fingerprint density at radius 2 is 1.61 bits per heavy atom. The molecule has 5 rings (SSSR count). The third-order valence-electron chi connectivity index (χ3n) is 5.23. The van der Waals surface area contributed by atoms with Crippen molar-refractivity contribution < 1.29 is 4.79 Å². The molecule has 0 aliphatic carbocycles. The molecule has 6 heteroatoms. The first-order valence-electron chi connectivity index (χ1n) is 10.1. The molecule has 31 heavy (non-hydrogen) atoms. The van der Waals surface area contributed by atoms with Crippen LogP contribution in [-0.4, -0.2) is 20.7 Å². The first-order chi connectivity index (χ1) is 15.2. The second-order valence-electron chi connectivity index (χ2n) is 7.45. The van der Waals surface area contributed by atoms with Crippen molar-refractivity contribution in [1.82, 2.24) is 14.8 Å². The zero-order chi connectivity index (χ0) is 21.2. The Hall–Kier alpha value is -4.19. The smallest absolute Gasteiger partial charge is 0.258 e. The second-order valence-corrected chi connectivity index (χ2v) is 7.45. The molecule has 1 amide bonds. The van der Waals surface area contributed by atoms with Crippen molar-refractivity contribution >= 4 is 23.5 Å². The van der Waals surface area contributed by atoms with Crippen molar-refractivity contribution in [2.45, 2.75) is 13.0 Å². The van der Waals surface area contributed by atoms with E-state index in [-0.39, 0.29) is 17.9 Å². The molecule has 1 atom stereocenters. The highest BCUT2D eigenvalue weighted by molar-refractivity contribution is 6.03. The van der Waals surface area contributed by atoms with Crippen LogP contribution in [0.3, 0.4) is 0 Å². The van der Waals surface area contributed by atoms with Crippen molar-refractivity contribution in [2.24, 2.45) is 0 Å². The van der Waals surface area contributed by atoms with E-state index in [1.807, 2.05) is 36.4 Å². The van der Waals surface area contributed by atoms with E-state index in [0.717, 1.165) is 16.8 Å². The number of aromatic nitrogens is 3. The molecule has 4 aromatic rings. The quantitative estimate of drug-likeness (QED) is 0.505. The van der Waals surface area contributed by atoms with E-state index in [0.29, 0.717) is 11.5 Å². The van der Waals surface area contributed by atoms with Crippen LogP contribution in [0.5, 0.6) is 0 Å². The minimum Gasteiger partial charge on any atom is -0.324 e. The molecule has 1 aliphatic rings. The monoisotopic (exact) mass is 407 g/mol. The fourth-order valence-corrected chi connectivity index (χ4v) is 3.60. The fourth-order valence-electron chi connectivity index (χ4n) is 3.60. The van der Waals surface area contributed by atoms with E-state index in [2.05, 4.69) is 70.1 Å². The standard InChI is InChI=1S/C25H21N5O/c1-17-12-14-19(15-13-17)22-16-21(18-8-4-2-5-9-18)26-25-28-24(29-30(22)25)27-23(31)20-10-6-3-7-11-20/h2-16,22H,1H3,(H2,26,27,28,29,31)/t22-/m1/s1. The van der Waals surface area contributed by atoms with Gasteiger partial charge in [0.25, 0.3) is 11.9 Å². The number of hydrogen-bond acceptors (Lipinski definition) is 4. The van der Waals surface area contributed by atoms with Crippen LogP contribution in [-0.2, 0) is 0 Å². The van der Waals surface area contributed by atoms with Gasteiger partial charge in [0.15, 0.2) is 0 Å². The third-order valence-corrected chi connectivity index (χ3v) is 5.23. The Morgan fingerprint density at radius 1 is 0.935 bits per heavy atom. The summed E-state index contributed by atoms with van der Waals surface area (Å²) >= 11 is 0. The van der Waals surface area contributed by atoms with E-state index in [4.69, 9.17) is 0 Å². The van der Waals surface area contributed by atoms with Crippen molar-refractivity contribution in [2.75, 3.05) is 10.6 Å². The van der Waals surface area contributed by atoms with Gasteiger partial charge in [0.1, 0.15) is 6.04 Å². The maximum absolute atomic E-state index is 12.6. The summed E-state index contributed by atoms with van der Waals surface area (Å²) in [5.41, 5.74) is 4.85. The van der Waals surface area contributed by atoms with E-state index >= 15 is 0 Å². The summed E-state index contributed by atoms with van der Waals surface area (Å²) < 4.78 is 1.80. The Bertz CT molecular complexity index is 1240. The first kappa shape index (κ1) is 18.8. The van der Waals surface area contributed by atoms with Crippen LogP contribution < -0.4 is 10.6 Å². The number of amides is 1. The van der Waals surface area contributed by atoms with Crippen LogP contribution in [0.1, 0.15) is 33.1 Å². The van der Waals surface area contributed by atoms with Crippen LogP contribution in [0.2, 0.25) is 0 Å². The van der Waals surface area contributed by atoms with Gasteiger partial charge < -0.3 is 5.32 Å². The number of nitrogens with zero attached hydrogens (tertiary/aromatic N) is 3. The molecular weight excluding hydrogens is 386 g/mol. The molecule has 0 unspecified atom stereocenters. The number of allylic oxidation sites excluding steroid dienone is 1. The molecule has 1 aliphatic heterocycles. The lowest BCUT2D eigenvalue weighted by Crippen LogP contribution is -2.20. The van der Waals surface area contributed by atoms with Gasteiger partial charge in [0.2, 0.25) is 5.95 Å². The minimum absolute atomic E-state index is 0.151. The number of aryl methyl sites for hydroxylation is 1. The molecule has 2 N–H and O–H groups in total. The molecule has 0 fully saturated rings. The predicted octanol–water partition coefficient (Wildman–Crippen LogP) is 4.89. The molecule has 152 valence electrons. The molecule has 1 aromatic heterocycles. The average Bonchev–Trinajstić information content (AvgIpc) is 3.22. The van der Waals surface area contributed by atoms with Crippen molar-refractivity contribution in [3.05, 3.63) is 113 Å². The molecule has 0 spiro atoms. The highest BCUT2D eigenvalue weighted by Crippen LogP contribution is 2.33. The molecule has 0 saturated heterocycles. The van der Waals surface area contributed by atoms with Gasteiger partial charge in [-0.05, 0) is 36.3 Å². The van der Waals surface area contributed by atoms with Crippen LogP contribution in [0.15, 0.2) is 91.0 Å². The Labute approximate surface area is 180 Å². The SMILES string of the molecule is Cc1ccc([C@H]2C=C(c3ccccc3)Nc3nc(NC(=O)c4ccccc4)nn32)cc1. The summed E-state index contributed by atoms with van der Waals surface area (Å²) in [6.45, 7) is 2.07. The summed E-state index contributed by atoms with van der Waals surface area (Å²) in [7, 11) is 0. The Morgan fingerprint density at radius 3 is 2.32 bits per heavy atom. The number of fused-ring (bicyclic) bond motifs is 1. The summed E-state index contributed by atoms with van der Waals surface area (Å²) in [4.78, 5) is 17.1. The second kappa shape index (κ2) is 7.91. The minimum atomic E-state index is -0.244. The zero-order valence-electron chi connectivity index (χ0n) is 17.0. The lowest BCUT2D eigenvalue weighted by molar-refractivity contribution is 0.102. The fraction of sp³-hybridized carbons (Fsp3) is 0.0800. The topological polar surface area (TPSA) is 71.8 Å². The van der Waals surface area contributed by atoms with Gasteiger partial charge in [-0.3, -0.25) is 10.1 Å². The van der Waals surface area contributed by atoms with Crippen molar-refractivity contribution in [1.29, 1.82) is 0 Å². The number of hydrogen-bond donors (Lipinski definition) is 2. The van der Waals surface area contributed by atoms with Crippen LogP contribution >= 0.6 is 0 Å². The van der Waals surface area contributed by atoms with Gasteiger partial charge in [-0.1, -0.05) is 78.4 Å². The Balaban J connectivity index is 1.51. The van der Waals surface area contributed by atoms with E-state index < -0.39 is 0 Å². The molecule has 0 bridgehead atoms. The molecule has 6 nitrogen and oxygen atoms in total. The third kappa shape index (κ3) is 3.83. The summed E-state index contributed by atoms with van der Waals surface area (Å²) in [6, 6.07) is 27.3. The van der Waals surface area contributed by atoms with Crippen molar-refractivity contribution in [3.8, 4) is 0 Å². The number of nitrogens with one attached hydrogen (secondary N) is 2. The molecule has 0 saturated carbocycles. The van der Waals surface area contributed by atoms with Gasteiger partial charge in [-0.15, -0.1) is 5.10 Å². The molecule has 3 aromatic carbocycles. The van der Waals surface area contributed by atoms with Gasteiger partial charge in [-0.25, -0.2) is 4.68 Å². The van der Waals surface area contributed by atoms with Crippen LogP contribution in [0.4, 0.5) is 11.9 Å². The molecular formula is C25H21N5O. The number of anilines is 2. The highest BCUT2D eigenvalue weighted by Gasteiger charge is 2.25. The number of benzene rings is 3. The maximum Gasteiger partial charge on any atom is 0.258 e. The maximum atomic E-state index is 12.6. The zero-order valence-corrected chi connectivity index (χ0v) is 17.0. The summed E-state index contributed by atoms with van der Waals surface area (Å²) in [6.07, 6.45) is 2.13. The van der Waals surface area contributed by atoms with E-state index in [1.54, 1.807) is 16.8 Å².